The lowest BCUT2D eigenvalue weighted by atomic mass is 10.3. The highest BCUT2D eigenvalue weighted by atomic mass is 16.6. The van der Waals surface area contributed by atoms with E-state index < -0.39 is 4.92 Å². The van der Waals surface area contributed by atoms with Gasteiger partial charge >= 0.3 is 5.69 Å². The van der Waals surface area contributed by atoms with Gasteiger partial charge in [-0.05, 0) is 13.8 Å². The minimum atomic E-state index is -0.458. The van der Waals surface area contributed by atoms with Crippen LogP contribution < -0.4 is 10.2 Å². The minimum absolute atomic E-state index is 0.0494. The van der Waals surface area contributed by atoms with Gasteiger partial charge in [0.05, 0.1) is 4.92 Å². The maximum Gasteiger partial charge on any atom is 0.332 e. The van der Waals surface area contributed by atoms with E-state index in [1.165, 1.54) is 0 Å². The van der Waals surface area contributed by atoms with Crippen LogP contribution in [0.15, 0.2) is 0 Å². The summed E-state index contributed by atoms with van der Waals surface area (Å²) in [5.41, 5.74) is 0.311. The summed E-state index contributed by atoms with van der Waals surface area (Å²) >= 11 is 0. The van der Waals surface area contributed by atoms with E-state index >= 15 is 0 Å². The number of nitro groups is 1. The van der Waals surface area contributed by atoms with E-state index in [0.717, 1.165) is 0 Å². The number of rotatable bonds is 4. The van der Waals surface area contributed by atoms with Gasteiger partial charge in [-0.3, -0.25) is 10.1 Å². The molecule has 1 heterocycles. The summed E-state index contributed by atoms with van der Waals surface area (Å²) in [6, 6.07) is 0. The van der Waals surface area contributed by atoms with Crippen LogP contribution in [0, 0.1) is 17.0 Å². The Morgan fingerprint density at radius 1 is 1.44 bits per heavy atom. The molecule has 16 heavy (non-hydrogen) atoms. The molecule has 0 bridgehead atoms. The fourth-order valence-electron chi connectivity index (χ4n) is 1.31. The van der Waals surface area contributed by atoms with Crippen LogP contribution in [0.1, 0.15) is 12.6 Å². The lowest BCUT2D eigenvalue weighted by Gasteiger charge is -2.13. The first-order valence-electron chi connectivity index (χ1n) is 4.91. The van der Waals surface area contributed by atoms with E-state index in [9.17, 15) is 10.1 Å². The molecule has 7 nitrogen and oxygen atoms in total. The van der Waals surface area contributed by atoms with Gasteiger partial charge in [0.2, 0.25) is 11.8 Å². The average Bonchev–Trinajstić information content (AvgIpc) is 2.16. The fraction of sp³-hybridized carbons (Fsp3) is 0.556. The van der Waals surface area contributed by atoms with E-state index in [1.807, 2.05) is 6.92 Å². The van der Waals surface area contributed by atoms with Crippen LogP contribution in [0.5, 0.6) is 0 Å². The van der Waals surface area contributed by atoms with Crippen LogP contribution in [0.4, 0.5) is 17.5 Å². The summed E-state index contributed by atoms with van der Waals surface area (Å²) in [4.78, 5) is 20.2. The van der Waals surface area contributed by atoms with Crippen molar-refractivity contribution in [2.24, 2.45) is 0 Å². The van der Waals surface area contributed by atoms with Crippen LogP contribution in [0.2, 0.25) is 0 Å². The Kier molecular flexibility index (Phi) is 3.60. The molecular weight excluding hydrogens is 210 g/mol. The smallest absolute Gasteiger partial charge is 0.332 e. The van der Waals surface area contributed by atoms with Crippen LogP contribution >= 0.6 is 0 Å². The first-order valence-corrected chi connectivity index (χ1v) is 4.91. The Labute approximate surface area is 93.7 Å². The van der Waals surface area contributed by atoms with E-state index in [4.69, 9.17) is 0 Å². The van der Waals surface area contributed by atoms with Crippen molar-refractivity contribution >= 4 is 17.5 Å². The standard InChI is InChI=1S/C9H15N5O2/c1-5-10-9-11-6(2)7(14(15)16)8(12-9)13(3)4/h5H2,1-4H3,(H,10,11,12). The molecule has 0 aliphatic carbocycles. The second-order valence-corrected chi connectivity index (χ2v) is 3.49. The molecule has 0 unspecified atom stereocenters. The van der Waals surface area contributed by atoms with Crippen molar-refractivity contribution in [3.8, 4) is 0 Å². The number of aryl methyl sites for hydroxylation is 1. The van der Waals surface area contributed by atoms with Gasteiger partial charge in [-0.15, -0.1) is 0 Å². The maximum atomic E-state index is 10.9. The van der Waals surface area contributed by atoms with Gasteiger partial charge in [-0.25, -0.2) is 4.98 Å². The lowest BCUT2D eigenvalue weighted by molar-refractivity contribution is -0.385. The zero-order valence-electron chi connectivity index (χ0n) is 9.81. The van der Waals surface area contributed by atoms with Crippen LogP contribution in [0.3, 0.4) is 0 Å². The molecule has 88 valence electrons. The van der Waals surface area contributed by atoms with Crippen molar-refractivity contribution in [1.29, 1.82) is 0 Å². The van der Waals surface area contributed by atoms with Crippen LogP contribution in [0.25, 0.3) is 0 Å². The number of hydrogen-bond acceptors (Lipinski definition) is 6. The number of anilines is 2. The monoisotopic (exact) mass is 225 g/mol. The predicted molar refractivity (Wildman–Crippen MR) is 61.9 cm³/mol. The fourth-order valence-corrected chi connectivity index (χ4v) is 1.31. The molecule has 0 aromatic carbocycles. The molecule has 0 radical (unpaired) electrons. The Bertz CT molecular complexity index is 405. The van der Waals surface area contributed by atoms with Crippen LogP contribution in [-0.2, 0) is 0 Å². The summed E-state index contributed by atoms with van der Waals surface area (Å²) in [5, 5.41) is 13.8. The number of hydrogen-bond donors (Lipinski definition) is 1. The topological polar surface area (TPSA) is 84.2 Å². The summed E-state index contributed by atoms with van der Waals surface area (Å²) < 4.78 is 0. The number of nitrogens with one attached hydrogen (secondary N) is 1. The molecule has 0 aliphatic rings. The highest BCUT2D eigenvalue weighted by molar-refractivity contribution is 5.61. The molecule has 0 atom stereocenters. The van der Waals surface area contributed by atoms with E-state index in [0.29, 0.717) is 24.0 Å². The van der Waals surface area contributed by atoms with E-state index in [-0.39, 0.29) is 5.69 Å². The normalized spacial score (nSPS) is 10.0. The van der Waals surface area contributed by atoms with E-state index in [1.54, 1.807) is 25.9 Å². The predicted octanol–water partition coefficient (Wildman–Crippen LogP) is 1.19. The van der Waals surface area contributed by atoms with Crippen molar-refractivity contribution in [3.05, 3.63) is 15.8 Å². The van der Waals surface area contributed by atoms with Gasteiger partial charge in [-0.2, -0.15) is 4.98 Å². The molecule has 1 aromatic heterocycles. The Balaban J connectivity index is 3.33. The van der Waals surface area contributed by atoms with Gasteiger partial charge < -0.3 is 10.2 Å². The first kappa shape index (κ1) is 12.2. The molecule has 0 saturated carbocycles. The molecular formula is C9H15N5O2. The molecule has 0 fully saturated rings. The number of nitrogens with zero attached hydrogens (tertiary/aromatic N) is 4. The lowest BCUT2D eigenvalue weighted by Crippen LogP contribution is -2.16. The van der Waals surface area contributed by atoms with Gasteiger partial charge in [-0.1, -0.05) is 0 Å². The molecule has 0 spiro atoms. The summed E-state index contributed by atoms with van der Waals surface area (Å²) in [6.07, 6.45) is 0. The van der Waals surface area contributed by atoms with Crippen LogP contribution in [-0.4, -0.2) is 35.5 Å². The van der Waals surface area contributed by atoms with Crippen molar-refractivity contribution in [2.45, 2.75) is 13.8 Å². The Morgan fingerprint density at radius 2 is 2.06 bits per heavy atom. The molecule has 0 amide bonds. The highest BCUT2D eigenvalue weighted by Crippen LogP contribution is 2.28. The second-order valence-electron chi connectivity index (χ2n) is 3.49. The third-order valence-electron chi connectivity index (χ3n) is 1.98. The number of aromatic nitrogens is 2. The molecule has 1 N–H and O–H groups in total. The average molecular weight is 225 g/mol. The van der Waals surface area contributed by atoms with Gasteiger partial charge in [0.25, 0.3) is 0 Å². The third-order valence-corrected chi connectivity index (χ3v) is 1.98. The summed E-state index contributed by atoms with van der Waals surface area (Å²) in [6.45, 7) is 4.19. The third kappa shape index (κ3) is 2.36. The molecule has 1 rings (SSSR count). The van der Waals surface area contributed by atoms with Crippen molar-refractivity contribution in [1.82, 2.24) is 9.97 Å². The zero-order valence-corrected chi connectivity index (χ0v) is 9.81. The van der Waals surface area contributed by atoms with Crippen molar-refractivity contribution < 1.29 is 4.92 Å². The molecule has 0 saturated heterocycles. The molecule has 7 heteroatoms. The van der Waals surface area contributed by atoms with Crippen molar-refractivity contribution in [2.75, 3.05) is 30.9 Å². The summed E-state index contributed by atoms with van der Waals surface area (Å²) in [7, 11) is 3.43. The largest absolute Gasteiger partial charge is 0.357 e. The quantitative estimate of drug-likeness (QED) is 0.612. The van der Waals surface area contributed by atoms with Gasteiger partial charge in [0.15, 0.2) is 0 Å². The summed E-state index contributed by atoms with van der Waals surface area (Å²) in [5.74, 6) is 0.725. The van der Waals surface area contributed by atoms with Gasteiger partial charge in [0.1, 0.15) is 5.69 Å². The van der Waals surface area contributed by atoms with Crippen molar-refractivity contribution in [3.63, 3.8) is 0 Å². The SMILES string of the molecule is CCNc1nc(C)c([N+](=O)[O-])c(N(C)C)n1. The zero-order chi connectivity index (χ0) is 12.3. The molecule has 1 aromatic rings. The maximum absolute atomic E-state index is 10.9. The van der Waals surface area contributed by atoms with E-state index in [2.05, 4.69) is 15.3 Å². The minimum Gasteiger partial charge on any atom is -0.357 e. The second kappa shape index (κ2) is 4.73. The molecule has 0 aliphatic heterocycles. The Hall–Kier alpha value is -1.92. The Morgan fingerprint density at radius 3 is 2.50 bits per heavy atom. The first-order chi connectivity index (χ1) is 7.47. The van der Waals surface area contributed by atoms with Gasteiger partial charge in [0, 0.05) is 20.6 Å². The highest BCUT2D eigenvalue weighted by Gasteiger charge is 2.23.